The topological polar surface area (TPSA) is 60.2 Å². The molecule has 1 N–H and O–H groups in total. The highest BCUT2D eigenvalue weighted by molar-refractivity contribution is 7.99. The summed E-state index contributed by atoms with van der Waals surface area (Å²) in [4.78, 5) is 4.22. The summed E-state index contributed by atoms with van der Waals surface area (Å²) in [6.45, 7) is 3.38. The Kier molecular flexibility index (Phi) is 4.10. The van der Waals surface area contributed by atoms with Gasteiger partial charge in [-0.15, -0.1) is 0 Å². The van der Waals surface area contributed by atoms with Gasteiger partial charge in [0, 0.05) is 19.6 Å². The van der Waals surface area contributed by atoms with Crippen molar-refractivity contribution in [1.82, 2.24) is 15.5 Å². The predicted molar refractivity (Wildman–Crippen MR) is 74.1 cm³/mol. The third-order valence-corrected chi connectivity index (χ3v) is 5.00. The van der Waals surface area contributed by atoms with Crippen molar-refractivity contribution in [3.05, 3.63) is 11.7 Å². The second-order valence-electron chi connectivity index (χ2n) is 5.44. The van der Waals surface area contributed by atoms with Crippen LogP contribution >= 0.6 is 11.8 Å². The Morgan fingerprint density at radius 1 is 1.42 bits per heavy atom. The van der Waals surface area contributed by atoms with Gasteiger partial charge in [-0.25, -0.2) is 0 Å². The predicted octanol–water partition coefficient (Wildman–Crippen LogP) is 1.91. The van der Waals surface area contributed by atoms with Crippen molar-refractivity contribution in [3.8, 4) is 0 Å². The van der Waals surface area contributed by atoms with Gasteiger partial charge in [0.05, 0.1) is 12.1 Å². The van der Waals surface area contributed by atoms with E-state index in [9.17, 15) is 0 Å². The van der Waals surface area contributed by atoms with E-state index < -0.39 is 0 Å². The number of thioether (sulfide) groups is 1. The first-order chi connectivity index (χ1) is 9.26. The number of aryl methyl sites for hydroxylation is 1. The van der Waals surface area contributed by atoms with Crippen LogP contribution in [0.15, 0.2) is 4.52 Å². The summed E-state index contributed by atoms with van der Waals surface area (Å²) in [5.74, 6) is 3.84. The van der Waals surface area contributed by atoms with Crippen LogP contribution in [0.5, 0.6) is 0 Å². The van der Waals surface area contributed by atoms with Crippen molar-refractivity contribution in [2.24, 2.45) is 0 Å². The molecule has 0 bridgehead atoms. The number of nitrogens with one attached hydrogen (secondary N) is 1. The van der Waals surface area contributed by atoms with Crippen molar-refractivity contribution in [2.75, 3.05) is 18.1 Å². The van der Waals surface area contributed by atoms with Gasteiger partial charge in [-0.1, -0.05) is 5.16 Å². The first-order valence-corrected chi connectivity index (χ1v) is 8.16. The van der Waals surface area contributed by atoms with Crippen LogP contribution in [0.4, 0.5) is 0 Å². The minimum atomic E-state index is 0.133. The summed E-state index contributed by atoms with van der Waals surface area (Å²) in [5.41, 5.74) is 0.133. The summed E-state index contributed by atoms with van der Waals surface area (Å²) >= 11 is 2.04. The average Bonchev–Trinajstić information content (AvgIpc) is 2.83. The highest BCUT2D eigenvalue weighted by Crippen LogP contribution is 2.37. The number of rotatable bonds is 3. The van der Waals surface area contributed by atoms with Gasteiger partial charge in [0.1, 0.15) is 0 Å². The second kappa shape index (κ2) is 5.81. The third-order valence-electron chi connectivity index (χ3n) is 4.02. The molecular weight excluding hydrogens is 262 g/mol. The first kappa shape index (κ1) is 13.4. The number of nitrogens with zero attached hydrogens (tertiary/aromatic N) is 2. The van der Waals surface area contributed by atoms with Crippen LogP contribution in [-0.4, -0.2) is 39.9 Å². The molecule has 0 aromatic carbocycles. The molecule has 0 radical (unpaired) electrons. The zero-order valence-electron chi connectivity index (χ0n) is 11.4. The lowest BCUT2D eigenvalue weighted by molar-refractivity contribution is -0.0933. The Balaban J connectivity index is 1.53. The van der Waals surface area contributed by atoms with Gasteiger partial charge in [0.15, 0.2) is 5.82 Å². The molecule has 5 nitrogen and oxygen atoms in total. The Hall–Kier alpha value is -0.590. The Morgan fingerprint density at radius 3 is 3.00 bits per heavy atom. The number of hydrogen-bond acceptors (Lipinski definition) is 6. The zero-order valence-corrected chi connectivity index (χ0v) is 12.2. The minimum Gasteiger partial charge on any atom is -0.375 e. The second-order valence-corrected chi connectivity index (χ2v) is 6.67. The van der Waals surface area contributed by atoms with Crippen LogP contribution in [-0.2, 0) is 11.3 Å². The summed E-state index contributed by atoms with van der Waals surface area (Å²) in [6.07, 6.45) is 4.57. The number of aromatic nitrogens is 2. The van der Waals surface area contributed by atoms with Crippen molar-refractivity contribution < 1.29 is 9.26 Å². The fourth-order valence-corrected chi connectivity index (χ4v) is 4.18. The van der Waals surface area contributed by atoms with Gasteiger partial charge in [-0.05, 0) is 37.2 Å². The smallest absolute Gasteiger partial charge is 0.223 e. The number of hydrogen-bond donors (Lipinski definition) is 1. The first-order valence-electron chi connectivity index (χ1n) is 7.00. The van der Waals surface area contributed by atoms with Crippen molar-refractivity contribution in [1.29, 1.82) is 0 Å². The fraction of sp³-hybridized carbons (Fsp3) is 0.846. The van der Waals surface area contributed by atoms with E-state index in [1.807, 2.05) is 18.7 Å². The molecule has 2 fully saturated rings. The zero-order chi connectivity index (χ0) is 13.1. The summed E-state index contributed by atoms with van der Waals surface area (Å²) in [5, 5.41) is 7.47. The molecule has 2 aliphatic heterocycles. The van der Waals surface area contributed by atoms with E-state index in [1.54, 1.807) is 0 Å². The lowest BCUT2D eigenvalue weighted by Crippen LogP contribution is -2.48. The lowest BCUT2D eigenvalue weighted by Gasteiger charge is -2.43. The van der Waals surface area contributed by atoms with Crippen molar-refractivity contribution in [3.63, 3.8) is 0 Å². The Morgan fingerprint density at radius 2 is 2.26 bits per heavy atom. The normalized spacial score (nSPS) is 26.7. The maximum atomic E-state index is 6.09. The van der Waals surface area contributed by atoms with Gasteiger partial charge in [0.25, 0.3) is 0 Å². The molecule has 1 unspecified atom stereocenters. The monoisotopic (exact) mass is 283 g/mol. The minimum absolute atomic E-state index is 0.133. The molecule has 1 atom stereocenters. The van der Waals surface area contributed by atoms with Gasteiger partial charge >= 0.3 is 0 Å². The molecule has 1 aromatic heterocycles. The van der Waals surface area contributed by atoms with Crippen molar-refractivity contribution >= 4 is 11.8 Å². The van der Waals surface area contributed by atoms with Crippen LogP contribution in [0.3, 0.4) is 0 Å². The molecule has 106 valence electrons. The van der Waals surface area contributed by atoms with E-state index in [4.69, 9.17) is 9.26 Å². The van der Waals surface area contributed by atoms with Gasteiger partial charge < -0.3 is 14.6 Å². The summed E-state index contributed by atoms with van der Waals surface area (Å²) < 4.78 is 11.1. The van der Waals surface area contributed by atoms with E-state index in [-0.39, 0.29) is 5.60 Å². The Labute approximate surface area is 117 Å². The molecule has 0 amide bonds. The molecule has 3 rings (SSSR count). The maximum Gasteiger partial charge on any atom is 0.223 e. The van der Waals surface area contributed by atoms with E-state index >= 15 is 0 Å². The quantitative estimate of drug-likeness (QED) is 0.914. The highest BCUT2D eigenvalue weighted by Gasteiger charge is 2.38. The maximum absolute atomic E-state index is 6.09. The van der Waals surface area contributed by atoms with E-state index in [1.165, 1.54) is 24.3 Å². The third kappa shape index (κ3) is 3.30. The fourth-order valence-electron chi connectivity index (χ4n) is 2.94. The molecule has 19 heavy (non-hydrogen) atoms. The van der Waals surface area contributed by atoms with Crippen molar-refractivity contribution in [2.45, 2.75) is 50.8 Å². The van der Waals surface area contributed by atoms with E-state index in [0.717, 1.165) is 25.3 Å². The molecule has 0 aliphatic carbocycles. The molecule has 3 heterocycles. The van der Waals surface area contributed by atoms with Crippen LogP contribution < -0.4 is 5.32 Å². The van der Waals surface area contributed by atoms with Crippen LogP contribution in [0.25, 0.3) is 0 Å². The van der Waals surface area contributed by atoms with Crippen LogP contribution in [0, 0.1) is 6.92 Å². The van der Waals surface area contributed by atoms with Gasteiger partial charge in [0.2, 0.25) is 5.89 Å². The SMILES string of the molecule is Cc1nc(CNC2CCOC3(CCSCC3)C2)no1. The highest BCUT2D eigenvalue weighted by atomic mass is 32.2. The molecule has 2 aliphatic rings. The average molecular weight is 283 g/mol. The van der Waals surface area contributed by atoms with Gasteiger partial charge in [-0.2, -0.15) is 16.7 Å². The summed E-state index contributed by atoms with van der Waals surface area (Å²) in [6, 6.07) is 0.510. The van der Waals surface area contributed by atoms with Crippen LogP contribution in [0.1, 0.15) is 37.4 Å². The summed E-state index contributed by atoms with van der Waals surface area (Å²) in [7, 11) is 0. The lowest BCUT2D eigenvalue weighted by atomic mass is 9.85. The number of ether oxygens (including phenoxy) is 1. The van der Waals surface area contributed by atoms with E-state index in [2.05, 4.69) is 15.5 Å². The molecule has 1 aromatic rings. The Bertz CT molecular complexity index is 412. The molecule has 0 saturated carbocycles. The van der Waals surface area contributed by atoms with E-state index in [0.29, 0.717) is 18.5 Å². The molecule has 2 saturated heterocycles. The largest absolute Gasteiger partial charge is 0.375 e. The molecular formula is C13H21N3O2S. The van der Waals surface area contributed by atoms with Gasteiger partial charge in [-0.3, -0.25) is 0 Å². The molecule has 1 spiro atoms. The molecule has 6 heteroatoms. The van der Waals surface area contributed by atoms with Crippen LogP contribution in [0.2, 0.25) is 0 Å². The standard InChI is InChI=1S/C13H21N3O2S/c1-10-15-12(16-18-10)9-14-11-2-5-17-13(8-11)3-6-19-7-4-13/h11,14H,2-9H2,1H3.